The number of benzene rings is 1. The van der Waals surface area contributed by atoms with Gasteiger partial charge in [0.25, 0.3) is 0 Å². The summed E-state index contributed by atoms with van der Waals surface area (Å²) < 4.78 is 14.9. The van der Waals surface area contributed by atoms with Gasteiger partial charge in [0.2, 0.25) is 0 Å². The Morgan fingerprint density at radius 2 is 1.88 bits per heavy atom. The lowest BCUT2D eigenvalue weighted by Crippen LogP contribution is -2.47. The molecule has 1 aromatic rings. The molecule has 0 amide bonds. The van der Waals surface area contributed by atoms with E-state index < -0.39 is 0 Å². The second-order valence-corrected chi connectivity index (χ2v) is 6.04. The lowest BCUT2D eigenvalue weighted by atomic mass is 9.97. The third kappa shape index (κ3) is 1.97. The fourth-order valence-corrected chi connectivity index (χ4v) is 3.65. The zero-order chi connectivity index (χ0) is 12.0. The van der Waals surface area contributed by atoms with Gasteiger partial charge in [-0.15, -0.1) is 0 Å². The largest absolute Gasteiger partial charge is 0.363 e. The number of fused-ring (bicyclic) bond motifs is 2. The minimum atomic E-state index is -0.124. The van der Waals surface area contributed by atoms with E-state index in [0.717, 1.165) is 35.8 Å². The zero-order valence-corrected chi connectivity index (χ0v) is 11.2. The molecule has 92 valence electrons. The highest BCUT2D eigenvalue weighted by Crippen LogP contribution is 2.40. The molecule has 0 radical (unpaired) electrons. The van der Waals surface area contributed by atoms with Crippen LogP contribution in [-0.4, -0.2) is 18.1 Å². The lowest BCUT2D eigenvalue weighted by molar-refractivity contribution is 0.410. The molecule has 4 heteroatoms. The molecule has 2 fully saturated rings. The first-order chi connectivity index (χ1) is 8.15. The summed E-state index contributed by atoms with van der Waals surface area (Å²) in [6.45, 7) is 0. The van der Waals surface area contributed by atoms with Crippen LogP contribution in [-0.2, 0) is 0 Å². The van der Waals surface area contributed by atoms with Gasteiger partial charge >= 0.3 is 0 Å². The highest BCUT2D eigenvalue weighted by atomic mass is 79.9. The molecule has 2 heterocycles. The van der Waals surface area contributed by atoms with Crippen LogP contribution in [0, 0.1) is 5.82 Å². The Hall–Kier alpha value is -0.610. The number of rotatable bonds is 1. The van der Waals surface area contributed by atoms with Gasteiger partial charge in [-0.1, -0.05) is 15.9 Å². The van der Waals surface area contributed by atoms with E-state index in [1.807, 2.05) is 6.07 Å². The van der Waals surface area contributed by atoms with E-state index in [1.165, 1.54) is 6.07 Å². The number of hydrogen-bond acceptors (Lipinski definition) is 2. The van der Waals surface area contributed by atoms with Crippen molar-refractivity contribution < 1.29 is 4.39 Å². The van der Waals surface area contributed by atoms with E-state index in [-0.39, 0.29) is 5.82 Å². The molecule has 0 aromatic heterocycles. The van der Waals surface area contributed by atoms with Crippen molar-refractivity contribution in [3.8, 4) is 0 Å². The molecular formula is C13H16BrFN2. The first-order valence-corrected chi connectivity index (χ1v) is 6.93. The van der Waals surface area contributed by atoms with Crippen LogP contribution in [0.4, 0.5) is 10.1 Å². The Morgan fingerprint density at radius 1 is 1.24 bits per heavy atom. The van der Waals surface area contributed by atoms with E-state index in [9.17, 15) is 4.39 Å². The van der Waals surface area contributed by atoms with Gasteiger partial charge in [0.1, 0.15) is 5.82 Å². The summed E-state index contributed by atoms with van der Waals surface area (Å²) in [5.74, 6) is -0.124. The van der Waals surface area contributed by atoms with Crippen molar-refractivity contribution in [2.24, 2.45) is 5.73 Å². The van der Waals surface area contributed by atoms with Crippen LogP contribution in [0.25, 0.3) is 0 Å². The molecule has 2 atom stereocenters. The maximum absolute atomic E-state index is 13.9. The van der Waals surface area contributed by atoms with Gasteiger partial charge in [-0.3, -0.25) is 0 Å². The second kappa shape index (κ2) is 4.25. The van der Waals surface area contributed by atoms with E-state index in [2.05, 4.69) is 20.8 Å². The van der Waals surface area contributed by atoms with E-state index in [4.69, 9.17) is 5.73 Å². The van der Waals surface area contributed by atoms with Crippen molar-refractivity contribution in [2.45, 2.75) is 43.8 Å². The van der Waals surface area contributed by atoms with Gasteiger partial charge in [0, 0.05) is 22.6 Å². The number of anilines is 1. The number of halogens is 2. The van der Waals surface area contributed by atoms with Gasteiger partial charge in [0.05, 0.1) is 5.69 Å². The SMILES string of the molecule is NC1CC2CCC(C1)N2c1cc(Br)ccc1F. The second-order valence-electron chi connectivity index (χ2n) is 5.12. The monoisotopic (exact) mass is 298 g/mol. The maximum Gasteiger partial charge on any atom is 0.146 e. The number of nitrogens with two attached hydrogens (primary N) is 1. The zero-order valence-electron chi connectivity index (χ0n) is 9.57. The van der Waals surface area contributed by atoms with Crippen molar-refractivity contribution in [1.82, 2.24) is 0 Å². The molecule has 17 heavy (non-hydrogen) atoms. The van der Waals surface area contributed by atoms with E-state index in [1.54, 1.807) is 6.07 Å². The minimum Gasteiger partial charge on any atom is -0.363 e. The first-order valence-electron chi connectivity index (χ1n) is 6.14. The smallest absolute Gasteiger partial charge is 0.146 e. The molecule has 2 aliphatic heterocycles. The first kappa shape index (κ1) is 11.5. The van der Waals surface area contributed by atoms with Gasteiger partial charge in [-0.25, -0.2) is 4.39 Å². The third-order valence-corrected chi connectivity index (χ3v) is 4.45. The number of hydrogen-bond donors (Lipinski definition) is 1. The molecule has 3 rings (SSSR count). The van der Waals surface area contributed by atoms with Crippen LogP contribution in [0.3, 0.4) is 0 Å². The average molecular weight is 299 g/mol. The molecule has 2 aliphatic rings. The van der Waals surface area contributed by atoms with Crippen LogP contribution in [0.1, 0.15) is 25.7 Å². The van der Waals surface area contributed by atoms with Crippen LogP contribution < -0.4 is 10.6 Å². The normalized spacial score (nSPS) is 31.9. The van der Waals surface area contributed by atoms with E-state index in [0.29, 0.717) is 18.1 Å². The number of piperidine rings is 1. The Bertz CT molecular complexity index is 423. The predicted molar refractivity (Wildman–Crippen MR) is 70.6 cm³/mol. The molecule has 0 saturated carbocycles. The summed E-state index contributed by atoms with van der Waals surface area (Å²) in [4.78, 5) is 2.25. The molecule has 2 unspecified atom stereocenters. The molecule has 2 bridgehead atoms. The standard InChI is InChI=1S/C13H16BrFN2/c14-8-1-4-12(15)13(5-8)17-10-2-3-11(17)7-9(16)6-10/h1,4-5,9-11H,2-3,6-7,16H2. The van der Waals surface area contributed by atoms with Gasteiger partial charge < -0.3 is 10.6 Å². The maximum atomic E-state index is 13.9. The van der Waals surface area contributed by atoms with Crippen LogP contribution in [0.2, 0.25) is 0 Å². The summed E-state index contributed by atoms with van der Waals surface area (Å²) in [5.41, 5.74) is 6.77. The molecule has 2 nitrogen and oxygen atoms in total. The predicted octanol–water partition coefficient (Wildman–Crippen LogP) is 3.05. The Balaban J connectivity index is 1.97. The van der Waals surface area contributed by atoms with Crippen molar-refractivity contribution in [1.29, 1.82) is 0 Å². The summed E-state index contributed by atoms with van der Waals surface area (Å²) in [7, 11) is 0. The summed E-state index contributed by atoms with van der Waals surface area (Å²) in [6, 6.07) is 6.31. The van der Waals surface area contributed by atoms with E-state index >= 15 is 0 Å². The highest BCUT2D eigenvalue weighted by molar-refractivity contribution is 9.10. The highest BCUT2D eigenvalue weighted by Gasteiger charge is 2.40. The Kier molecular flexibility index (Phi) is 2.87. The topological polar surface area (TPSA) is 29.3 Å². The van der Waals surface area contributed by atoms with Gasteiger partial charge in [0.15, 0.2) is 0 Å². The fraction of sp³-hybridized carbons (Fsp3) is 0.538. The third-order valence-electron chi connectivity index (χ3n) is 3.96. The van der Waals surface area contributed by atoms with Crippen LogP contribution in [0.15, 0.2) is 22.7 Å². The van der Waals surface area contributed by atoms with Crippen molar-refractivity contribution >= 4 is 21.6 Å². The number of nitrogens with zero attached hydrogens (tertiary/aromatic N) is 1. The van der Waals surface area contributed by atoms with Gasteiger partial charge in [-0.2, -0.15) is 0 Å². The van der Waals surface area contributed by atoms with Crippen molar-refractivity contribution in [3.05, 3.63) is 28.5 Å². The lowest BCUT2D eigenvalue weighted by Gasteiger charge is -2.39. The molecule has 1 aromatic carbocycles. The Labute approximate surface area is 109 Å². The molecule has 0 aliphatic carbocycles. The van der Waals surface area contributed by atoms with Crippen LogP contribution >= 0.6 is 15.9 Å². The summed E-state index contributed by atoms with van der Waals surface area (Å²) in [5, 5.41) is 0. The minimum absolute atomic E-state index is 0.124. The summed E-state index contributed by atoms with van der Waals surface area (Å²) >= 11 is 3.42. The molecule has 2 N–H and O–H groups in total. The fourth-order valence-electron chi connectivity index (χ4n) is 3.30. The molecular weight excluding hydrogens is 283 g/mol. The molecule has 2 saturated heterocycles. The Morgan fingerprint density at radius 3 is 2.53 bits per heavy atom. The molecule has 0 spiro atoms. The van der Waals surface area contributed by atoms with Crippen molar-refractivity contribution in [3.63, 3.8) is 0 Å². The van der Waals surface area contributed by atoms with Gasteiger partial charge in [-0.05, 0) is 43.9 Å². The van der Waals surface area contributed by atoms with Crippen LogP contribution in [0.5, 0.6) is 0 Å². The average Bonchev–Trinajstić information content (AvgIpc) is 2.54. The summed E-state index contributed by atoms with van der Waals surface area (Å²) in [6.07, 6.45) is 4.26. The van der Waals surface area contributed by atoms with Crippen molar-refractivity contribution in [2.75, 3.05) is 4.90 Å². The quantitative estimate of drug-likeness (QED) is 0.863.